The number of aromatic amines is 1. The number of nitrogens with one attached hydrogen (secondary N) is 1. The van der Waals surface area contributed by atoms with Gasteiger partial charge in [-0.3, -0.25) is 4.79 Å². The van der Waals surface area contributed by atoms with Crippen molar-refractivity contribution in [3.8, 4) is 22.6 Å². The Hall–Kier alpha value is -3.80. The van der Waals surface area contributed by atoms with Crippen molar-refractivity contribution in [3.05, 3.63) is 88.0 Å². The van der Waals surface area contributed by atoms with Crippen LogP contribution in [0.2, 0.25) is 0 Å². The van der Waals surface area contributed by atoms with Crippen LogP contribution in [0.5, 0.6) is 0 Å². The third-order valence-corrected chi connectivity index (χ3v) is 5.19. The topological polar surface area (TPSA) is 63.0 Å². The van der Waals surface area contributed by atoms with Gasteiger partial charge in [0.25, 0.3) is 0 Å². The van der Waals surface area contributed by atoms with E-state index in [1.807, 2.05) is 36.5 Å². The highest BCUT2D eigenvalue weighted by molar-refractivity contribution is 5.82. The van der Waals surface area contributed by atoms with Crippen LogP contribution >= 0.6 is 0 Å². The lowest BCUT2D eigenvalue weighted by molar-refractivity contribution is 0.619. The summed E-state index contributed by atoms with van der Waals surface area (Å²) in [5.41, 5.74) is 4.96. The first kappa shape index (κ1) is 17.3. The van der Waals surface area contributed by atoms with E-state index in [-0.39, 0.29) is 11.2 Å². The number of aryl methyl sites for hydroxylation is 1. The Morgan fingerprint density at radius 2 is 1.79 bits per heavy atom. The first-order valence-corrected chi connectivity index (χ1v) is 9.26. The SMILES string of the molecule is Cc1cc(-c2ccc3nc(-c4[nH]c5ccccc5c(=O)c4C)nn3c2)ccc1F. The van der Waals surface area contributed by atoms with E-state index in [0.29, 0.717) is 33.7 Å². The molecular weight excluding hydrogens is 367 g/mol. The molecule has 142 valence electrons. The maximum atomic E-state index is 13.6. The van der Waals surface area contributed by atoms with Gasteiger partial charge in [-0.2, -0.15) is 0 Å². The lowest BCUT2D eigenvalue weighted by Crippen LogP contribution is -2.09. The summed E-state index contributed by atoms with van der Waals surface area (Å²) in [6, 6.07) is 16.2. The fourth-order valence-electron chi connectivity index (χ4n) is 3.54. The minimum atomic E-state index is -0.228. The number of nitrogens with zero attached hydrogens (tertiary/aromatic N) is 3. The van der Waals surface area contributed by atoms with Crippen molar-refractivity contribution in [2.24, 2.45) is 0 Å². The maximum absolute atomic E-state index is 13.6. The maximum Gasteiger partial charge on any atom is 0.198 e. The summed E-state index contributed by atoms with van der Waals surface area (Å²) in [5, 5.41) is 5.22. The Kier molecular flexibility index (Phi) is 3.81. The molecule has 29 heavy (non-hydrogen) atoms. The average Bonchev–Trinajstić information content (AvgIpc) is 3.16. The molecule has 1 N–H and O–H groups in total. The number of rotatable bonds is 2. The highest BCUT2D eigenvalue weighted by Gasteiger charge is 2.15. The van der Waals surface area contributed by atoms with E-state index in [1.54, 1.807) is 36.6 Å². The molecule has 0 unspecified atom stereocenters. The zero-order valence-electron chi connectivity index (χ0n) is 15.9. The smallest absolute Gasteiger partial charge is 0.198 e. The summed E-state index contributed by atoms with van der Waals surface area (Å²) in [6.45, 7) is 3.52. The van der Waals surface area contributed by atoms with E-state index in [4.69, 9.17) is 0 Å². The van der Waals surface area contributed by atoms with Crippen LogP contribution in [0.15, 0.2) is 65.6 Å². The van der Waals surface area contributed by atoms with Gasteiger partial charge in [0, 0.05) is 28.2 Å². The van der Waals surface area contributed by atoms with Crippen LogP contribution in [0.3, 0.4) is 0 Å². The van der Waals surface area contributed by atoms with Gasteiger partial charge in [-0.05, 0) is 61.4 Å². The highest BCUT2D eigenvalue weighted by Crippen LogP contribution is 2.24. The molecule has 2 aromatic carbocycles. The largest absolute Gasteiger partial charge is 0.351 e. The van der Waals surface area contributed by atoms with Crippen LogP contribution in [-0.2, 0) is 0 Å². The second-order valence-corrected chi connectivity index (χ2v) is 7.12. The molecule has 6 heteroatoms. The van der Waals surface area contributed by atoms with Crippen LogP contribution in [-0.4, -0.2) is 19.6 Å². The number of H-pyrrole nitrogens is 1. The van der Waals surface area contributed by atoms with E-state index >= 15 is 0 Å². The fourth-order valence-corrected chi connectivity index (χ4v) is 3.54. The van der Waals surface area contributed by atoms with E-state index in [9.17, 15) is 9.18 Å². The zero-order chi connectivity index (χ0) is 20.1. The van der Waals surface area contributed by atoms with Crippen LogP contribution < -0.4 is 5.43 Å². The molecule has 0 amide bonds. The van der Waals surface area contributed by atoms with Gasteiger partial charge in [-0.15, -0.1) is 5.10 Å². The molecular formula is C23H17FN4O. The second-order valence-electron chi connectivity index (χ2n) is 7.12. The Bertz CT molecular complexity index is 1470. The molecule has 5 aromatic rings. The van der Waals surface area contributed by atoms with Gasteiger partial charge < -0.3 is 4.98 Å². The standard InChI is InChI=1S/C23H17FN4O/c1-13-11-15(7-9-18(13)24)16-8-10-20-26-23(27-28(20)12-16)21-14(2)22(29)17-5-3-4-6-19(17)25-21/h3-12H,1-2H3,(H,25,29). The van der Waals surface area contributed by atoms with Crippen molar-refractivity contribution >= 4 is 16.6 Å². The lowest BCUT2D eigenvalue weighted by Gasteiger charge is -2.05. The minimum absolute atomic E-state index is 0.0318. The molecule has 0 spiro atoms. The quantitative estimate of drug-likeness (QED) is 0.481. The van der Waals surface area contributed by atoms with Crippen LogP contribution in [0, 0.1) is 19.7 Å². The summed E-state index contributed by atoms with van der Waals surface area (Å²) in [6.07, 6.45) is 1.85. The van der Waals surface area contributed by atoms with E-state index in [1.165, 1.54) is 6.07 Å². The van der Waals surface area contributed by atoms with Gasteiger partial charge in [0.1, 0.15) is 5.82 Å². The fraction of sp³-hybridized carbons (Fsp3) is 0.0870. The molecule has 0 radical (unpaired) electrons. The Morgan fingerprint density at radius 1 is 1.00 bits per heavy atom. The predicted octanol–water partition coefficient (Wildman–Crippen LogP) is 4.66. The van der Waals surface area contributed by atoms with Crippen LogP contribution in [0.4, 0.5) is 4.39 Å². The molecule has 0 saturated carbocycles. The predicted molar refractivity (Wildman–Crippen MR) is 111 cm³/mol. The second kappa shape index (κ2) is 6.38. The van der Waals surface area contributed by atoms with Crippen molar-refractivity contribution < 1.29 is 4.39 Å². The Labute approximate surface area is 165 Å². The van der Waals surface area contributed by atoms with Crippen molar-refractivity contribution in [2.45, 2.75) is 13.8 Å². The Morgan fingerprint density at radius 3 is 2.62 bits per heavy atom. The molecule has 0 atom stereocenters. The zero-order valence-corrected chi connectivity index (χ0v) is 15.9. The summed E-state index contributed by atoms with van der Waals surface area (Å²) < 4.78 is 15.3. The first-order valence-electron chi connectivity index (χ1n) is 9.26. The van der Waals surface area contributed by atoms with Gasteiger partial charge in [-0.1, -0.05) is 18.2 Å². The van der Waals surface area contributed by atoms with Crippen molar-refractivity contribution in [3.63, 3.8) is 0 Å². The monoisotopic (exact) mass is 384 g/mol. The van der Waals surface area contributed by atoms with Crippen molar-refractivity contribution in [1.29, 1.82) is 0 Å². The summed E-state index contributed by atoms with van der Waals surface area (Å²) in [4.78, 5) is 20.6. The number of para-hydroxylation sites is 1. The van der Waals surface area contributed by atoms with E-state index in [0.717, 1.165) is 16.6 Å². The number of hydrogen-bond donors (Lipinski definition) is 1. The van der Waals surface area contributed by atoms with Gasteiger partial charge in [0.2, 0.25) is 0 Å². The normalized spacial score (nSPS) is 11.4. The summed E-state index contributed by atoms with van der Waals surface area (Å²) in [5.74, 6) is 0.228. The third kappa shape index (κ3) is 2.81. The number of pyridine rings is 2. The summed E-state index contributed by atoms with van der Waals surface area (Å²) >= 11 is 0. The van der Waals surface area contributed by atoms with Gasteiger partial charge >= 0.3 is 0 Å². The number of benzene rings is 2. The lowest BCUT2D eigenvalue weighted by atomic mass is 10.1. The number of aromatic nitrogens is 4. The minimum Gasteiger partial charge on any atom is -0.351 e. The van der Waals surface area contributed by atoms with Crippen molar-refractivity contribution in [2.75, 3.05) is 0 Å². The average molecular weight is 384 g/mol. The molecule has 0 saturated heterocycles. The molecule has 3 heterocycles. The number of fused-ring (bicyclic) bond motifs is 2. The van der Waals surface area contributed by atoms with E-state index in [2.05, 4.69) is 15.1 Å². The molecule has 0 bridgehead atoms. The van der Waals surface area contributed by atoms with Gasteiger partial charge in [0.15, 0.2) is 16.9 Å². The number of hydrogen-bond acceptors (Lipinski definition) is 3. The van der Waals surface area contributed by atoms with Gasteiger partial charge in [-0.25, -0.2) is 13.9 Å². The number of halogens is 1. The van der Waals surface area contributed by atoms with Crippen LogP contribution in [0.1, 0.15) is 11.1 Å². The highest BCUT2D eigenvalue weighted by atomic mass is 19.1. The van der Waals surface area contributed by atoms with Crippen LogP contribution in [0.25, 0.3) is 39.2 Å². The molecule has 0 fully saturated rings. The molecule has 5 rings (SSSR count). The summed E-state index contributed by atoms with van der Waals surface area (Å²) in [7, 11) is 0. The molecule has 0 aliphatic carbocycles. The third-order valence-electron chi connectivity index (χ3n) is 5.19. The van der Waals surface area contributed by atoms with Crippen molar-refractivity contribution in [1.82, 2.24) is 19.6 Å². The molecule has 0 aliphatic heterocycles. The van der Waals surface area contributed by atoms with Gasteiger partial charge in [0.05, 0.1) is 5.69 Å². The molecule has 5 nitrogen and oxygen atoms in total. The first-order chi connectivity index (χ1) is 14.0. The van der Waals surface area contributed by atoms with E-state index < -0.39 is 0 Å². The molecule has 0 aliphatic rings. The molecule has 3 aromatic heterocycles. The Balaban J connectivity index is 1.66.